The molecule has 0 unspecified atom stereocenters. The maximum Gasteiger partial charge on any atom is 0.255 e. The van der Waals surface area contributed by atoms with Crippen LogP contribution in [0, 0.1) is 7.14 Å². The predicted octanol–water partition coefficient (Wildman–Crippen LogP) is 7.69. The molecule has 0 aliphatic carbocycles. The molecule has 1 fully saturated rings. The lowest BCUT2D eigenvalue weighted by Gasteiger charge is -2.06. The van der Waals surface area contributed by atoms with Crippen molar-refractivity contribution in [3.05, 3.63) is 115 Å². The van der Waals surface area contributed by atoms with Crippen molar-refractivity contribution < 1.29 is 24.5 Å². The molecule has 0 spiro atoms. The molecule has 210 valence electrons. The number of hydrogen-bond acceptors (Lipinski definition) is 6. The summed E-state index contributed by atoms with van der Waals surface area (Å²) in [4.78, 5) is 22.4. The maximum atomic E-state index is 11.9. The van der Waals surface area contributed by atoms with Gasteiger partial charge in [-0.2, -0.15) is 0 Å². The summed E-state index contributed by atoms with van der Waals surface area (Å²) in [5, 5.41) is 20.6. The molecule has 5 rings (SSSR count). The lowest BCUT2D eigenvalue weighted by Crippen LogP contribution is -2.11. The van der Waals surface area contributed by atoms with Crippen molar-refractivity contribution in [1.29, 1.82) is 0 Å². The summed E-state index contributed by atoms with van der Waals surface area (Å²) < 4.78 is 7.11. The molecule has 0 radical (unpaired) electrons. The Morgan fingerprint density at radius 3 is 1.60 bits per heavy atom. The van der Waals surface area contributed by atoms with Crippen LogP contribution in [0.3, 0.4) is 0 Å². The highest BCUT2D eigenvalue weighted by atomic mass is 127. The van der Waals surface area contributed by atoms with Crippen LogP contribution in [0.5, 0.6) is 11.5 Å². The largest absolute Gasteiger partial charge is 0.506 e. The van der Waals surface area contributed by atoms with Crippen LogP contribution in [-0.4, -0.2) is 34.6 Å². The van der Waals surface area contributed by atoms with Gasteiger partial charge in [-0.25, -0.2) is 0 Å². The number of carbonyl (C=O) groups excluding carboxylic acids is 2. The molecule has 40 heavy (non-hydrogen) atoms. The number of carbonyl (C=O) groups is 2. The van der Waals surface area contributed by atoms with E-state index in [4.69, 9.17) is 27.2 Å². The van der Waals surface area contributed by atoms with Gasteiger partial charge in [0.1, 0.15) is 11.5 Å². The van der Waals surface area contributed by atoms with Gasteiger partial charge < -0.3 is 26.0 Å². The molecule has 1 aliphatic heterocycles. The van der Waals surface area contributed by atoms with E-state index in [1.54, 1.807) is 66.7 Å². The maximum absolute atomic E-state index is 11.9. The number of nitrogens with two attached hydrogens (primary N) is 1. The number of phenolic OH excluding ortho intramolecular Hbond substituents is 2. The highest BCUT2D eigenvalue weighted by molar-refractivity contribution is 14.1. The van der Waals surface area contributed by atoms with Crippen LogP contribution in [0.4, 0.5) is 11.4 Å². The molecule has 7 nitrogen and oxygen atoms in total. The number of nitrogen functional groups attached to an aromatic ring is 1. The fraction of sp³-hybridized carbons (Fsp3) is 0.133. The lowest BCUT2D eigenvalue weighted by molar-refractivity contribution is 0.102. The summed E-state index contributed by atoms with van der Waals surface area (Å²) in [7, 11) is 0. The quantitative estimate of drug-likeness (QED) is 0.0732. The van der Waals surface area contributed by atoms with E-state index in [0.29, 0.717) is 22.5 Å². The van der Waals surface area contributed by atoms with Crippen LogP contribution in [-0.2, 0) is 4.74 Å². The average molecular weight is 787 g/mol. The number of anilines is 2. The van der Waals surface area contributed by atoms with E-state index in [-0.39, 0.29) is 17.4 Å². The van der Waals surface area contributed by atoms with E-state index in [0.717, 1.165) is 20.4 Å². The molecule has 0 saturated carbocycles. The second-order valence-electron chi connectivity index (χ2n) is 8.14. The normalized spacial score (nSPS) is 11.4. The first-order valence-corrected chi connectivity index (χ1v) is 14.6. The van der Waals surface area contributed by atoms with Gasteiger partial charge >= 0.3 is 0 Å². The minimum Gasteiger partial charge on any atom is -0.506 e. The Bertz CT molecular complexity index is 1320. The molecule has 0 aromatic heterocycles. The summed E-state index contributed by atoms with van der Waals surface area (Å²) in [5.74, 6) is -0.0261. The van der Waals surface area contributed by atoms with E-state index in [2.05, 4.69) is 50.5 Å². The summed E-state index contributed by atoms with van der Waals surface area (Å²) in [6, 6.07) is 27.7. The van der Waals surface area contributed by atoms with E-state index in [1.165, 1.54) is 18.9 Å². The number of hydrogen-bond donors (Lipinski definition) is 4. The number of ether oxygens (including phenoxy) is 1. The Kier molecular flexibility index (Phi) is 15.4. The fourth-order valence-corrected chi connectivity index (χ4v) is 3.80. The van der Waals surface area contributed by atoms with E-state index in [1.807, 2.05) is 24.3 Å². The zero-order valence-corrected chi connectivity index (χ0v) is 26.5. The van der Waals surface area contributed by atoms with Gasteiger partial charge in [-0.05, 0) is 142 Å². The third-order valence-electron chi connectivity index (χ3n) is 5.09. The summed E-state index contributed by atoms with van der Waals surface area (Å²) in [5.41, 5.74) is 7.21. The van der Waals surface area contributed by atoms with Gasteiger partial charge in [0, 0.05) is 31.5 Å². The number of halogens is 3. The van der Waals surface area contributed by atoms with Crippen molar-refractivity contribution in [2.24, 2.45) is 0 Å². The third kappa shape index (κ3) is 13.0. The lowest BCUT2D eigenvalue weighted by atomic mass is 10.2. The smallest absolute Gasteiger partial charge is 0.255 e. The average Bonchev–Trinajstić information content (AvgIpc) is 3.54. The molecular formula is C30H29ClI2N2O5. The van der Waals surface area contributed by atoms with Crippen molar-refractivity contribution in [3.8, 4) is 11.5 Å². The zero-order chi connectivity index (χ0) is 29.3. The zero-order valence-electron chi connectivity index (χ0n) is 21.4. The minimum absolute atomic E-state index is 0.0614. The molecule has 4 aromatic rings. The second kappa shape index (κ2) is 18.5. The van der Waals surface area contributed by atoms with Crippen molar-refractivity contribution in [1.82, 2.24) is 0 Å². The Balaban J connectivity index is 0.000000206. The molecular weight excluding hydrogens is 758 g/mol. The summed E-state index contributed by atoms with van der Waals surface area (Å²) >= 11 is 9.56. The number of phenols is 2. The number of benzene rings is 4. The SMILES string of the molecule is C1CCOC1.Nc1ccccc1O.O=C(Cl)c1ccc(I)cc1.O=C(Nc1ccccc1O)c1ccc(I)cc1. The Morgan fingerprint density at radius 2 is 1.20 bits per heavy atom. The van der Waals surface area contributed by atoms with E-state index in [9.17, 15) is 14.7 Å². The number of aromatic hydroxyl groups is 2. The van der Waals surface area contributed by atoms with Crippen molar-refractivity contribution >= 4 is 79.3 Å². The van der Waals surface area contributed by atoms with Crippen molar-refractivity contribution in [2.45, 2.75) is 12.8 Å². The highest BCUT2D eigenvalue weighted by Crippen LogP contribution is 2.22. The predicted molar refractivity (Wildman–Crippen MR) is 177 cm³/mol. The van der Waals surface area contributed by atoms with Crippen LogP contribution >= 0.6 is 56.8 Å². The fourth-order valence-electron chi connectivity index (χ4n) is 2.95. The summed E-state index contributed by atoms with van der Waals surface area (Å²) in [6.45, 7) is 2.00. The van der Waals surface area contributed by atoms with Crippen molar-refractivity contribution in [3.63, 3.8) is 0 Å². The Morgan fingerprint density at radius 1 is 0.725 bits per heavy atom. The van der Waals surface area contributed by atoms with Gasteiger partial charge in [-0.3, -0.25) is 9.59 Å². The first-order valence-electron chi connectivity index (χ1n) is 12.1. The van der Waals surface area contributed by atoms with Gasteiger partial charge in [0.25, 0.3) is 11.1 Å². The topological polar surface area (TPSA) is 122 Å². The third-order valence-corrected chi connectivity index (χ3v) is 6.75. The van der Waals surface area contributed by atoms with Crippen LogP contribution in [0.25, 0.3) is 0 Å². The van der Waals surface area contributed by atoms with Gasteiger partial charge in [0.15, 0.2) is 0 Å². The van der Waals surface area contributed by atoms with Gasteiger partial charge in [0.05, 0.1) is 11.4 Å². The number of rotatable bonds is 3. The molecule has 1 aliphatic rings. The number of amides is 1. The standard InChI is InChI=1S/C13H10INO2.C7H4ClIO.C6H7NO.C4H8O/c14-10-7-5-9(6-8-10)13(17)15-11-3-1-2-4-12(11)16;8-7(10)5-1-3-6(9)4-2-5;7-5-3-1-2-4-6(5)8;1-2-4-5-3-1/h1-8,16H,(H,15,17);1-4H;1-4,8H,7H2;1-4H2. The van der Waals surface area contributed by atoms with Gasteiger partial charge in [-0.15, -0.1) is 0 Å². The van der Waals surface area contributed by atoms with Gasteiger partial charge in [0.2, 0.25) is 0 Å². The molecule has 5 N–H and O–H groups in total. The molecule has 4 aromatic carbocycles. The van der Waals surface area contributed by atoms with Crippen LogP contribution < -0.4 is 11.1 Å². The van der Waals surface area contributed by atoms with Gasteiger partial charge in [-0.1, -0.05) is 24.3 Å². The van der Waals surface area contributed by atoms with Crippen LogP contribution in [0.1, 0.15) is 33.6 Å². The molecule has 0 bridgehead atoms. The molecule has 0 atom stereocenters. The first-order chi connectivity index (χ1) is 19.2. The van der Waals surface area contributed by atoms with E-state index >= 15 is 0 Å². The van der Waals surface area contributed by atoms with Crippen LogP contribution in [0.15, 0.2) is 97.1 Å². The molecule has 1 heterocycles. The number of nitrogens with one attached hydrogen (secondary N) is 1. The molecule has 10 heteroatoms. The van der Waals surface area contributed by atoms with Crippen LogP contribution in [0.2, 0.25) is 0 Å². The first kappa shape index (κ1) is 33.3. The number of para-hydroxylation sites is 4. The monoisotopic (exact) mass is 786 g/mol. The Hall–Kier alpha value is -2.87. The molecule has 1 saturated heterocycles. The van der Waals surface area contributed by atoms with Crippen molar-refractivity contribution in [2.75, 3.05) is 24.3 Å². The second-order valence-corrected chi connectivity index (χ2v) is 11.0. The van der Waals surface area contributed by atoms with E-state index < -0.39 is 5.24 Å². The minimum atomic E-state index is -0.406. The molecule has 1 amide bonds. The highest BCUT2D eigenvalue weighted by Gasteiger charge is 2.07. The summed E-state index contributed by atoms with van der Waals surface area (Å²) in [6.07, 6.45) is 2.56. The Labute approximate surface area is 266 Å².